The first-order valence-electron chi connectivity index (χ1n) is 5.93. The average molecular weight is 276 g/mol. The number of benzene rings is 1. The first-order valence-corrected chi connectivity index (χ1v) is 6.92. The fourth-order valence-electron chi connectivity index (χ4n) is 1.66. The van der Waals surface area contributed by atoms with Crippen molar-refractivity contribution in [3.05, 3.63) is 35.2 Å². The summed E-state index contributed by atoms with van der Waals surface area (Å²) in [6, 6.07) is 5.94. The molecular weight excluding hydrogens is 260 g/mol. The molecule has 1 aromatic carbocycles. The molecule has 2 aromatic rings. The Morgan fingerprint density at radius 1 is 1.37 bits per heavy atom. The van der Waals surface area contributed by atoms with Crippen molar-refractivity contribution < 1.29 is 4.79 Å². The predicted octanol–water partition coefficient (Wildman–Crippen LogP) is 2.46. The zero-order valence-electron chi connectivity index (χ0n) is 11.2. The molecule has 100 valence electrons. The van der Waals surface area contributed by atoms with Crippen molar-refractivity contribution in [2.24, 2.45) is 0 Å². The standard InChI is InChI=1S/C13H16N4OS/c1-8-4-5-11(9(2)6-8)15-12(18)7-19-13-14-10(3)16-17-13/h4-6H,7H2,1-3H3,(H,15,18)(H,14,16,17). The molecule has 0 saturated carbocycles. The Kier molecular flexibility index (Phi) is 4.21. The summed E-state index contributed by atoms with van der Waals surface area (Å²) in [5.74, 6) is 0.988. The Morgan fingerprint density at radius 2 is 2.16 bits per heavy atom. The van der Waals surface area contributed by atoms with Crippen LogP contribution in [0.1, 0.15) is 17.0 Å². The van der Waals surface area contributed by atoms with Gasteiger partial charge in [0.05, 0.1) is 5.75 Å². The van der Waals surface area contributed by atoms with Crippen molar-refractivity contribution >= 4 is 23.4 Å². The number of nitrogens with zero attached hydrogens (tertiary/aromatic N) is 2. The van der Waals surface area contributed by atoms with Gasteiger partial charge in [0.25, 0.3) is 0 Å². The minimum atomic E-state index is -0.0561. The number of aryl methyl sites for hydroxylation is 3. The third-order valence-corrected chi connectivity index (χ3v) is 3.41. The number of aromatic amines is 1. The Labute approximate surface area is 116 Å². The molecule has 0 radical (unpaired) electrons. The van der Waals surface area contributed by atoms with Gasteiger partial charge >= 0.3 is 0 Å². The summed E-state index contributed by atoms with van der Waals surface area (Å²) in [6.07, 6.45) is 0. The summed E-state index contributed by atoms with van der Waals surface area (Å²) in [4.78, 5) is 16.0. The van der Waals surface area contributed by atoms with Crippen LogP contribution in [0.15, 0.2) is 23.4 Å². The Balaban J connectivity index is 1.90. The summed E-state index contributed by atoms with van der Waals surface area (Å²) in [7, 11) is 0. The number of thioether (sulfide) groups is 1. The first-order chi connectivity index (χ1) is 9.04. The summed E-state index contributed by atoms with van der Waals surface area (Å²) in [5.41, 5.74) is 3.09. The number of anilines is 1. The second-order valence-electron chi connectivity index (χ2n) is 4.36. The summed E-state index contributed by atoms with van der Waals surface area (Å²) in [6.45, 7) is 5.83. The van der Waals surface area contributed by atoms with Gasteiger partial charge in [-0.05, 0) is 32.4 Å². The van der Waals surface area contributed by atoms with Gasteiger partial charge in [-0.3, -0.25) is 9.89 Å². The molecule has 0 spiro atoms. The van der Waals surface area contributed by atoms with E-state index in [1.807, 2.05) is 39.0 Å². The molecule has 19 heavy (non-hydrogen) atoms. The molecule has 2 N–H and O–H groups in total. The SMILES string of the molecule is Cc1ccc(NC(=O)CSc2n[nH]c(C)n2)c(C)c1. The largest absolute Gasteiger partial charge is 0.325 e. The molecule has 1 heterocycles. The quantitative estimate of drug-likeness (QED) is 0.842. The van der Waals surface area contributed by atoms with Crippen molar-refractivity contribution in [1.82, 2.24) is 15.2 Å². The normalized spacial score (nSPS) is 10.5. The van der Waals surface area contributed by atoms with Crippen LogP contribution in [0.4, 0.5) is 5.69 Å². The van der Waals surface area contributed by atoms with Crippen molar-refractivity contribution in [2.75, 3.05) is 11.1 Å². The van der Waals surface area contributed by atoms with Crippen molar-refractivity contribution in [3.8, 4) is 0 Å². The molecule has 0 fully saturated rings. The van der Waals surface area contributed by atoms with Crippen LogP contribution in [0, 0.1) is 20.8 Å². The number of aromatic nitrogens is 3. The van der Waals surface area contributed by atoms with Crippen molar-refractivity contribution in [1.29, 1.82) is 0 Å². The Bertz CT molecular complexity index is 594. The van der Waals surface area contributed by atoms with E-state index in [0.29, 0.717) is 10.9 Å². The van der Waals surface area contributed by atoms with E-state index in [1.165, 1.54) is 17.3 Å². The molecule has 5 nitrogen and oxygen atoms in total. The van der Waals surface area contributed by atoms with Crippen LogP contribution < -0.4 is 5.32 Å². The second-order valence-corrected chi connectivity index (χ2v) is 5.30. The van der Waals surface area contributed by atoms with Crippen LogP contribution in [-0.2, 0) is 4.79 Å². The van der Waals surface area contributed by atoms with E-state index in [4.69, 9.17) is 0 Å². The van der Waals surface area contributed by atoms with E-state index in [2.05, 4.69) is 20.5 Å². The summed E-state index contributed by atoms with van der Waals surface area (Å²) < 4.78 is 0. The lowest BCUT2D eigenvalue weighted by Crippen LogP contribution is -2.15. The van der Waals surface area contributed by atoms with Gasteiger partial charge in [0, 0.05) is 5.69 Å². The third-order valence-electron chi connectivity index (χ3n) is 2.57. The Morgan fingerprint density at radius 3 is 2.79 bits per heavy atom. The number of rotatable bonds is 4. The number of carbonyl (C=O) groups excluding carboxylic acids is 1. The highest BCUT2D eigenvalue weighted by atomic mass is 32.2. The number of hydrogen-bond acceptors (Lipinski definition) is 4. The van der Waals surface area contributed by atoms with Crippen LogP contribution >= 0.6 is 11.8 Å². The van der Waals surface area contributed by atoms with E-state index < -0.39 is 0 Å². The zero-order valence-corrected chi connectivity index (χ0v) is 12.0. The maximum Gasteiger partial charge on any atom is 0.234 e. The smallest absolute Gasteiger partial charge is 0.234 e. The number of carbonyl (C=O) groups is 1. The van der Waals surface area contributed by atoms with Gasteiger partial charge in [-0.1, -0.05) is 29.5 Å². The van der Waals surface area contributed by atoms with Crippen molar-refractivity contribution in [3.63, 3.8) is 0 Å². The van der Waals surface area contributed by atoms with E-state index in [0.717, 1.165) is 17.1 Å². The van der Waals surface area contributed by atoms with Gasteiger partial charge in [-0.25, -0.2) is 4.98 Å². The monoisotopic (exact) mass is 276 g/mol. The predicted molar refractivity (Wildman–Crippen MR) is 76.4 cm³/mol. The molecule has 0 aliphatic carbocycles. The minimum Gasteiger partial charge on any atom is -0.325 e. The van der Waals surface area contributed by atoms with E-state index in [1.54, 1.807) is 0 Å². The molecule has 0 bridgehead atoms. The van der Waals surface area contributed by atoms with E-state index in [-0.39, 0.29) is 5.91 Å². The maximum atomic E-state index is 11.8. The highest BCUT2D eigenvalue weighted by molar-refractivity contribution is 7.99. The zero-order chi connectivity index (χ0) is 13.8. The van der Waals surface area contributed by atoms with Gasteiger partial charge in [0.15, 0.2) is 0 Å². The molecule has 6 heteroatoms. The van der Waals surface area contributed by atoms with Crippen LogP contribution in [0.2, 0.25) is 0 Å². The molecule has 0 saturated heterocycles. The number of nitrogens with one attached hydrogen (secondary N) is 2. The molecule has 0 atom stereocenters. The van der Waals surface area contributed by atoms with Crippen molar-refractivity contribution in [2.45, 2.75) is 25.9 Å². The van der Waals surface area contributed by atoms with Gasteiger partial charge < -0.3 is 5.32 Å². The van der Waals surface area contributed by atoms with E-state index >= 15 is 0 Å². The van der Waals surface area contributed by atoms with Gasteiger partial charge in [0.1, 0.15) is 5.82 Å². The van der Waals surface area contributed by atoms with Gasteiger partial charge in [0.2, 0.25) is 11.1 Å². The molecule has 0 aliphatic heterocycles. The highest BCUT2D eigenvalue weighted by Crippen LogP contribution is 2.17. The fraction of sp³-hybridized carbons (Fsp3) is 0.308. The maximum absolute atomic E-state index is 11.8. The lowest BCUT2D eigenvalue weighted by molar-refractivity contribution is -0.113. The topological polar surface area (TPSA) is 70.7 Å². The Hall–Kier alpha value is -1.82. The second kappa shape index (κ2) is 5.88. The highest BCUT2D eigenvalue weighted by Gasteiger charge is 2.08. The van der Waals surface area contributed by atoms with Crippen LogP contribution in [0.25, 0.3) is 0 Å². The number of hydrogen-bond donors (Lipinski definition) is 2. The van der Waals surface area contributed by atoms with Gasteiger partial charge in [-0.2, -0.15) is 0 Å². The molecule has 1 aromatic heterocycles. The van der Waals surface area contributed by atoms with Crippen LogP contribution in [-0.4, -0.2) is 26.8 Å². The molecule has 0 unspecified atom stereocenters. The van der Waals surface area contributed by atoms with Gasteiger partial charge in [-0.15, -0.1) is 5.10 Å². The lowest BCUT2D eigenvalue weighted by atomic mass is 10.1. The summed E-state index contributed by atoms with van der Waals surface area (Å²) in [5, 5.41) is 10.2. The molecular formula is C13H16N4OS. The lowest BCUT2D eigenvalue weighted by Gasteiger charge is -2.08. The number of H-pyrrole nitrogens is 1. The third kappa shape index (κ3) is 3.82. The number of amides is 1. The van der Waals surface area contributed by atoms with Crippen LogP contribution in [0.3, 0.4) is 0 Å². The average Bonchev–Trinajstić information content (AvgIpc) is 2.76. The first kappa shape index (κ1) is 13.6. The fourth-order valence-corrected chi connectivity index (χ4v) is 2.30. The molecule has 2 rings (SSSR count). The molecule has 0 aliphatic rings. The summed E-state index contributed by atoms with van der Waals surface area (Å²) >= 11 is 1.31. The van der Waals surface area contributed by atoms with E-state index in [9.17, 15) is 4.79 Å². The minimum absolute atomic E-state index is 0.0561. The molecule has 1 amide bonds. The van der Waals surface area contributed by atoms with Crippen LogP contribution in [0.5, 0.6) is 0 Å².